The molecular weight excluding hydrogens is 274 g/mol. The first-order chi connectivity index (χ1) is 9.56. The third kappa shape index (κ3) is 3.82. The SMILES string of the molecule is Cc1ccc(O)c(CNC(CC(=O)O)c2cccs2)c1. The first kappa shape index (κ1) is 14.6. The molecule has 106 valence electrons. The molecule has 0 fully saturated rings. The second-order valence-corrected chi connectivity index (χ2v) is 5.66. The van der Waals surface area contributed by atoms with Gasteiger partial charge in [0, 0.05) is 17.0 Å². The van der Waals surface area contributed by atoms with Gasteiger partial charge >= 0.3 is 5.97 Å². The summed E-state index contributed by atoms with van der Waals surface area (Å²) in [6, 6.07) is 8.97. The molecule has 0 aliphatic carbocycles. The number of nitrogens with one attached hydrogen (secondary N) is 1. The molecule has 0 bridgehead atoms. The molecule has 0 spiro atoms. The highest BCUT2D eigenvalue weighted by molar-refractivity contribution is 7.10. The number of carbonyl (C=O) groups is 1. The smallest absolute Gasteiger partial charge is 0.305 e. The number of benzene rings is 1. The zero-order valence-corrected chi connectivity index (χ0v) is 12.0. The number of aryl methyl sites for hydroxylation is 1. The summed E-state index contributed by atoms with van der Waals surface area (Å²) in [7, 11) is 0. The van der Waals surface area contributed by atoms with E-state index in [1.807, 2.05) is 36.6 Å². The van der Waals surface area contributed by atoms with E-state index in [-0.39, 0.29) is 18.2 Å². The molecule has 2 aromatic rings. The van der Waals surface area contributed by atoms with Gasteiger partial charge in [0.2, 0.25) is 0 Å². The molecule has 1 heterocycles. The number of aliphatic carboxylic acids is 1. The molecule has 20 heavy (non-hydrogen) atoms. The molecule has 0 saturated carbocycles. The number of hydrogen-bond donors (Lipinski definition) is 3. The minimum absolute atomic E-state index is 0.0209. The van der Waals surface area contributed by atoms with Crippen molar-refractivity contribution in [2.24, 2.45) is 0 Å². The van der Waals surface area contributed by atoms with Crippen LogP contribution < -0.4 is 5.32 Å². The average molecular weight is 291 g/mol. The Labute approximate surface area is 121 Å². The van der Waals surface area contributed by atoms with E-state index in [9.17, 15) is 9.90 Å². The van der Waals surface area contributed by atoms with E-state index in [1.165, 1.54) is 11.3 Å². The van der Waals surface area contributed by atoms with Crippen molar-refractivity contribution in [3.63, 3.8) is 0 Å². The van der Waals surface area contributed by atoms with Crippen molar-refractivity contribution in [1.29, 1.82) is 0 Å². The Hall–Kier alpha value is -1.85. The number of aromatic hydroxyl groups is 1. The number of thiophene rings is 1. The van der Waals surface area contributed by atoms with E-state index >= 15 is 0 Å². The van der Waals surface area contributed by atoms with Gasteiger partial charge in [-0.15, -0.1) is 11.3 Å². The maximum Gasteiger partial charge on any atom is 0.305 e. The van der Waals surface area contributed by atoms with Crippen molar-refractivity contribution in [3.05, 3.63) is 51.7 Å². The summed E-state index contributed by atoms with van der Waals surface area (Å²) in [6.45, 7) is 2.39. The van der Waals surface area contributed by atoms with Crippen LogP contribution in [0.4, 0.5) is 0 Å². The summed E-state index contributed by atoms with van der Waals surface area (Å²) in [6.07, 6.45) is 0.0209. The molecule has 1 aromatic heterocycles. The molecule has 1 unspecified atom stereocenters. The van der Waals surface area contributed by atoms with Gasteiger partial charge < -0.3 is 15.5 Å². The Kier molecular flexibility index (Phi) is 4.76. The monoisotopic (exact) mass is 291 g/mol. The van der Waals surface area contributed by atoms with E-state index in [4.69, 9.17) is 5.11 Å². The lowest BCUT2D eigenvalue weighted by atomic mass is 10.1. The fraction of sp³-hybridized carbons (Fsp3) is 0.267. The highest BCUT2D eigenvalue weighted by Gasteiger charge is 2.16. The summed E-state index contributed by atoms with van der Waals surface area (Å²) in [5.74, 6) is -0.618. The molecule has 0 aliphatic rings. The van der Waals surface area contributed by atoms with Crippen LogP contribution in [-0.2, 0) is 11.3 Å². The molecule has 1 aromatic carbocycles. The second kappa shape index (κ2) is 6.54. The fourth-order valence-corrected chi connectivity index (χ4v) is 2.83. The molecule has 4 nitrogen and oxygen atoms in total. The second-order valence-electron chi connectivity index (χ2n) is 4.68. The Morgan fingerprint density at radius 1 is 1.40 bits per heavy atom. The van der Waals surface area contributed by atoms with Gasteiger partial charge in [0.1, 0.15) is 5.75 Å². The maximum atomic E-state index is 11.0. The number of phenolic OH excluding ortho intramolecular Hbond substituents is 1. The van der Waals surface area contributed by atoms with Crippen LogP contribution in [0.1, 0.15) is 28.5 Å². The van der Waals surface area contributed by atoms with Gasteiger partial charge in [0.25, 0.3) is 0 Å². The number of hydrogen-bond acceptors (Lipinski definition) is 4. The van der Waals surface area contributed by atoms with Crippen molar-refractivity contribution in [3.8, 4) is 5.75 Å². The van der Waals surface area contributed by atoms with Crippen molar-refractivity contribution < 1.29 is 15.0 Å². The van der Waals surface area contributed by atoms with E-state index in [0.717, 1.165) is 16.0 Å². The molecule has 2 rings (SSSR count). The standard InChI is InChI=1S/C15H17NO3S/c1-10-4-5-13(17)11(7-10)9-16-12(8-15(18)19)14-3-2-6-20-14/h2-7,12,16-17H,8-9H2,1H3,(H,18,19). The lowest BCUT2D eigenvalue weighted by Crippen LogP contribution is -2.22. The third-order valence-corrected chi connectivity index (χ3v) is 4.03. The van der Waals surface area contributed by atoms with Crippen LogP contribution >= 0.6 is 11.3 Å². The maximum absolute atomic E-state index is 11.0. The van der Waals surface area contributed by atoms with Crippen LogP contribution in [0, 0.1) is 6.92 Å². The van der Waals surface area contributed by atoms with Crippen LogP contribution in [0.5, 0.6) is 5.75 Å². The van der Waals surface area contributed by atoms with Gasteiger partial charge in [0.15, 0.2) is 0 Å². The molecule has 0 saturated heterocycles. The summed E-state index contributed by atoms with van der Waals surface area (Å²) in [5, 5.41) is 23.9. The fourth-order valence-electron chi connectivity index (χ4n) is 2.03. The molecule has 0 radical (unpaired) electrons. The minimum Gasteiger partial charge on any atom is -0.508 e. The molecule has 0 amide bonds. The van der Waals surface area contributed by atoms with Gasteiger partial charge in [-0.2, -0.15) is 0 Å². The summed E-state index contributed by atoms with van der Waals surface area (Å²) in [5.41, 5.74) is 1.84. The predicted molar refractivity (Wildman–Crippen MR) is 79.0 cm³/mol. The van der Waals surface area contributed by atoms with Crippen LogP contribution in [0.2, 0.25) is 0 Å². The highest BCUT2D eigenvalue weighted by atomic mass is 32.1. The van der Waals surface area contributed by atoms with Gasteiger partial charge in [0.05, 0.1) is 12.5 Å². The Morgan fingerprint density at radius 2 is 2.20 bits per heavy atom. The summed E-state index contributed by atoms with van der Waals surface area (Å²) in [4.78, 5) is 11.9. The highest BCUT2D eigenvalue weighted by Crippen LogP contribution is 2.24. The molecule has 1 atom stereocenters. The number of carboxylic acids is 1. The molecular formula is C15H17NO3S. The van der Waals surface area contributed by atoms with E-state index in [2.05, 4.69) is 5.32 Å². The largest absolute Gasteiger partial charge is 0.508 e. The van der Waals surface area contributed by atoms with E-state index in [1.54, 1.807) is 6.07 Å². The third-order valence-electron chi connectivity index (χ3n) is 3.04. The Balaban J connectivity index is 2.08. The summed E-state index contributed by atoms with van der Waals surface area (Å²) < 4.78 is 0. The molecule has 3 N–H and O–H groups in total. The van der Waals surface area contributed by atoms with Gasteiger partial charge in [-0.1, -0.05) is 23.8 Å². The van der Waals surface area contributed by atoms with Crippen LogP contribution in [0.15, 0.2) is 35.7 Å². The first-order valence-corrected chi connectivity index (χ1v) is 7.21. The molecule has 5 heteroatoms. The zero-order chi connectivity index (χ0) is 14.5. The number of carboxylic acid groups (broad SMARTS) is 1. The molecule has 0 aliphatic heterocycles. The van der Waals surface area contributed by atoms with Gasteiger partial charge in [-0.25, -0.2) is 0 Å². The van der Waals surface area contributed by atoms with Crippen molar-refractivity contribution >= 4 is 17.3 Å². The average Bonchev–Trinajstić information content (AvgIpc) is 2.91. The predicted octanol–water partition coefficient (Wildman–Crippen LogP) is 3.07. The van der Waals surface area contributed by atoms with Crippen molar-refractivity contribution in [2.75, 3.05) is 0 Å². The van der Waals surface area contributed by atoms with E-state index in [0.29, 0.717) is 6.54 Å². The zero-order valence-electron chi connectivity index (χ0n) is 11.2. The quantitative estimate of drug-likeness (QED) is 0.765. The summed E-state index contributed by atoms with van der Waals surface area (Å²) >= 11 is 1.53. The van der Waals surface area contributed by atoms with Gasteiger partial charge in [-0.05, 0) is 24.4 Å². The normalized spacial score (nSPS) is 12.2. The van der Waals surface area contributed by atoms with Crippen LogP contribution in [0.3, 0.4) is 0 Å². The topological polar surface area (TPSA) is 69.6 Å². The Morgan fingerprint density at radius 3 is 2.85 bits per heavy atom. The Bertz CT molecular complexity index is 581. The lowest BCUT2D eigenvalue weighted by molar-refractivity contribution is -0.137. The van der Waals surface area contributed by atoms with Gasteiger partial charge in [-0.3, -0.25) is 4.79 Å². The number of phenols is 1. The van der Waals surface area contributed by atoms with E-state index < -0.39 is 5.97 Å². The first-order valence-electron chi connectivity index (χ1n) is 6.33. The lowest BCUT2D eigenvalue weighted by Gasteiger charge is -2.16. The van der Waals surface area contributed by atoms with Crippen molar-refractivity contribution in [1.82, 2.24) is 5.32 Å². The van der Waals surface area contributed by atoms with Crippen LogP contribution in [-0.4, -0.2) is 16.2 Å². The minimum atomic E-state index is -0.843. The number of rotatable bonds is 6. The van der Waals surface area contributed by atoms with Crippen LogP contribution in [0.25, 0.3) is 0 Å². The van der Waals surface area contributed by atoms with Crippen molar-refractivity contribution in [2.45, 2.75) is 25.9 Å².